The molecule has 0 radical (unpaired) electrons. The molecule has 35 heavy (non-hydrogen) atoms. The molecular formula is C28H33N3O4. The van der Waals surface area contributed by atoms with Gasteiger partial charge in [-0.2, -0.15) is 0 Å². The molecule has 3 atom stereocenters. The second-order valence-corrected chi connectivity index (χ2v) is 9.81. The number of ether oxygens (including phenoxy) is 1. The molecule has 0 aromatic heterocycles. The summed E-state index contributed by atoms with van der Waals surface area (Å²) in [5, 5.41) is 3.08. The molecule has 0 bridgehead atoms. The molecule has 7 nitrogen and oxygen atoms in total. The topological polar surface area (TPSA) is 79.0 Å². The van der Waals surface area contributed by atoms with Gasteiger partial charge in [0.1, 0.15) is 11.8 Å². The van der Waals surface area contributed by atoms with Crippen molar-refractivity contribution in [1.82, 2.24) is 10.2 Å². The molecule has 2 aliphatic heterocycles. The number of para-hydroxylation sites is 1. The highest BCUT2D eigenvalue weighted by molar-refractivity contribution is 6.00. The molecule has 184 valence electrons. The van der Waals surface area contributed by atoms with Gasteiger partial charge in [-0.05, 0) is 61.4 Å². The Labute approximate surface area is 206 Å². The number of nitrogens with zero attached hydrogens (tertiary/aromatic N) is 2. The smallest absolute Gasteiger partial charge is 0.258 e. The van der Waals surface area contributed by atoms with E-state index in [-0.39, 0.29) is 23.8 Å². The van der Waals surface area contributed by atoms with E-state index in [2.05, 4.69) is 5.32 Å². The van der Waals surface area contributed by atoms with Crippen LogP contribution in [0, 0.1) is 5.92 Å². The molecular weight excluding hydrogens is 442 g/mol. The van der Waals surface area contributed by atoms with Crippen LogP contribution in [0.5, 0.6) is 5.75 Å². The van der Waals surface area contributed by atoms with Crippen molar-refractivity contribution in [2.75, 3.05) is 18.6 Å². The lowest BCUT2D eigenvalue weighted by atomic mass is 9.84. The molecule has 3 amide bonds. The fraction of sp³-hybridized carbons (Fsp3) is 0.464. The van der Waals surface area contributed by atoms with E-state index in [0.29, 0.717) is 36.6 Å². The number of hydrogen-bond acceptors (Lipinski definition) is 4. The van der Waals surface area contributed by atoms with Gasteiger partial charge in [0.25, 0.3) is 5.91 Å². The third kappa shape index (κ3) is 4.64. The lowest BCUT2D eigenvalue weighted by Gasteiger charge is -2.34. The predicted molar refractivity (Wildman–Crippen MR) is 133 cm³/mol. The van der Waals surface area contributed by atoms with E-state index < -0.39 is 6.04 Å². The molecule has 3 unspecified atom stereocenters. The Bertz CT molecular complexity index is 1120. The summed E-state index contributed by atoms with van der Waals surface area (Å²) >= 11 is 0. The van der Waals surface area contributed by atoms with Gasteiger partial charge in [-0.3, -0.25) is 14.4 Å². The zero-order valence-electron chi connectivity index (χ0n) is 20.2. The van der Waals surface area contributed by atoms with Gasteiger partial charge in [0.05, 0.1) is 12.7 Å². The van der Waals surface area contributed by atoms with Crippen molar-refractivity contribution in [2.45, 2.75) is 63.6 Å². The number of benzene rings is 2. The van der Waals surface area contributed by atoms with E-state index in [4.69, 9.17) is 4.74 Å². The molecule has 3 fully saturated rings. The first-order chi connectivity index (χ1) is 17.1. The Morgan fingerprint density at radius 3 is 2.69 bits per heavy atom. The second-order valence-electron chi connectivity index (χ2n) is 9.81. The third-order valence-corrected chi connectivity index (χ3v) is 7.72. The van der Waals surface area contributed by atoms with Gasteiger partial charge in [-0.15, -0.1) is 0 Å². The average Bonchev–Trinajstić information content (AvgIpc) is 3.50. The van der Waals surface area contributed by atoms with E-state index in [1.165, 1.54) is 0 Å². The molecule has 3 aliphatic rings. The fourth-order valence-corrected chi connectivity index (χ4v) is 6.01. The number of hydrogen-bond donors (Lipinski definition) is 1. The first-order valence-electron chi connectivity index (χ1n) is 12.7. The van der Waals surface area contributed by atoms with Gasteiger partial charge >= 0.3 is 0 Å². The Balaban J connectivity index is 1.33. The SMILES string of the molecule is COc1ccccc1C(=O)N1C(C(=O)NCc2cccc(N3CCCC3=O)c2)CC2CCCCC21. The minimum Gasteiger partial charge on any atom is -0.496 e. The Hall–Kier alpha value is -3.35. The largest absolute Gasteiger partial charge is 0.496 e. The summed E-state index contributed by atoms with van der Waals surface area (Å²) in [6.45, 7) is 1.09. The van der Waals surface area contributed by atoms with Gasteiger partial charge in [0, 0.05) is 31.2 Å². The van der Waals surface area contributed by atoms with E-state index in [1.807, 2.05) is 41.3 Å². The summed E-state index contributed by atoms with van der Waals surface area (Å²) in [6, 6.07) is 14.6. The maximum Gasteiger partial charge on any atom is 0.258 e. The number of fused-ring (bicyclic) bond motifs is 1. The minimum absolute atomic E-state index is 0.0846. The van der Waals surface area contributed by atoms with Crippen LogP contribution in [0.2, 0.25) is 0 Å². The number of carbonyl (C=O) groups excluding carboxylic acids is 3. The highest BCUT2D eigenvalue weighted by Crippen LogP contribution is 2.41. The molecule has 0 spiro atoms. The average molecular weight is 476 g/mol. The Kier molecular flexibility index (Phi) is 6.75. The zero-order chi connectivity index (χ0) is 24.4. The first-order valence-corrected chi connectivity index (χ1v) is 12.7. The van der Waals surface area contributed by atoms with Crippen molar-refractivity contribution in [1.29, 1.82) is 0 Å². The highest BCUT2D eigenvalue weighted by Gasteiger charge is 2.47. The van der Waals surface area contributed by atoms with E-state index >= 15 is 0 Å². The van der Waals surface area contributed by atoms with Crippen LogP contribution in [0.3, 0.4) is 0 Å². The normalized spacial score (nSPS) is 23.8. The lowest BCUT2D eigenvalue weighted by molar-refractivity contribution is -0.125. The van der Waals surface area contributed by atoms with E-state index in [1.54, 1.807) is 24.1 Å². The van der Waals surface area contributed by atoms with Crippen LogP contribution in [0.25, 0.3) is 0 Å². The van der Waals surface area contributed by atoms with Crippen LogP contribution in [0.1, 0.15) is 60.9 Å². The van der Waals surface area contributed by atoms with E-state index in [9.17, 15) is 14.4 Å². The summed E-state index contributed by atoms with van der Waals surface area (Å²) in [5.74, 6) is 0.772. The number of methoxy groups -OCH3 is 1. The standard InChI is InChI=1S/C28H33N3O4/c1-35-25-13-5-3-11-22(25)28(34)31-23-12-4-2-9-20(23)17-24(31)27(33)29-18-19-8-6-10-21(16-19)30-15-7-14-26(30)32/h3,5-6,8,10-11,13,16,20,23-24H,2,4,7,9,12,14-15,17-18H2,1H3,(H,29,33). The molecule has 1 N–H and O–H groups in total. The Morgan fingerprint density at radius 2 is 1.89 bits per heavy atom. The minimum atomic E-state index is -0.496. The van der Waals surface area contributed by atoms with Crippen LogP contribution in [0.4, 0.5) is 5.69 Å². The van der Waals surface area contributed by atoms with Crippen LogP contribution >= 0.6 is 0 Å². The number of rotatable bonds is 6. The predicted octanol–water partition coefficient (Wildman–Crippen LogP) is 3.91. The third-order valence-electron chi connectivity index (χ3n) is 7.72. The van der Waals surface area contributed by atoms with Crippen LogP contribution in [-0.2, 0) is 16.1 Å². The van der Waals surface area contributed by atoms with Crippen LogP contribution in [-0.4, -0.2) is 48.4 Å². The zero-order valence-corrected chi connectivity index (χ0v) is 20.2. The molecule has 2 saturated heterocycles. The van der Waals surface area contributed by atoms with Gasteiger partial charge in [0.15, 0.2) is 0 Å². The summed E-state index contributed by atoms with van der Waals surface area (Å²) in [7, 11) is 1.56. The van der Waals surface area contributed by atoms with Gasteiger partial charge in [-0.25, -0.2) is 0 Å². The number of nitrogens with one attached hydrogen (secondary N) is 1. The van der Waals surface area contributed by atoms with E-state index in [0.717, 1.165) is 49.9 Å². The molecule has 5 rings (SSSR count). The number of anilines is 1. The maximum absolute atomic E-state index is 13.7. The van der Waals surface area contributed by atoms with Crippen molar-refractivity contribution in [3.63, 3.8) is 0 Å². The molecule has 1 aliphatic carbocycles. The van der Waals surface area contributed by atoms with Crippen molar-refractivity contribution in [3.05, 3.63) is 59.7 Å². The first kappa shape index (κ1) is 23.4. The number of carbonyl (C=O) groups is 3. The van der Waals surface area contributed by atoms with Crippen molar-refractivity contribution < 1.29 is 19.1 Å². The van der Waals surface area contributed by atoms with Crippen molar-refractivity contribution in [3.8, 4) is 5.75 Å². The summed E-state index contributed by atoms with van der Waals surface area (Å²) in [5.41, 5.74) is 2.31. The van der Waals surface area contributed by atoms with Gasteiger partial charge in [-0.1, -0.05) is 37.1 Å². The lowest BCUT2D eigenvalue weighted by Crippen LogP contribution is -2.49. The highest BCUT2D eigenvalue weighted by atomic mass is 16.5. The van der Waals surface area contributed by atoms with Crippen molar-refractivity contribution >= 4 is 23.4 Å². The number of amides is 3. The molecule has 2 aromatic carbocycles. The fourth-order valence-electron chi connectivity index (χ4n) is 6.01. The summed E-state index contributed by atoms with van der Waals surface area (Å²) < 4.78 is 5.45. The van der Waals surface area contributed by atoms with Gasteiger partial charge in [0.2, 0.25) is 11.8 Å². The van der Waals surface area contributed by atoms with Crippen LogP contribution in [0.15, 0.2) is 48.5 Å². The quantitative estimate of drug-likeness (QED) is 0.687. The summed E-state index contributed by atoms with van der Waals surface area (Å²) in [4.78, 5) is 42.9. The van der Waals surface area contributed by atoms with Crippen molar-refractivity contribution in [2.24, 2.45) is 5.92 Å². The summed E-state index contributed by atoms with van der Waals surface area (Å²) in [6.07, 6.45) is 6.36. The Morgan fingerprint density at radius 1 is 1.06 bits per heavy atom. The molecule has 7 heteroatoms. The molecule has 2 heterocycles. The monoisotopic (exact) mass is 475 g/mol. The maximum atomic E-state index is 13.7. The van der Waals surface area contributed by atoms with Crippen LogP contribution < -0.4 is 15.0 Å². The molecule has 2 aromatic rings. The molecule has 1 saturated carbocycles. The second kappa shape index (κ2) is 10.1. The number of likely N-dealkylation sites (tertiary alicyclic amines) is 1. The van der Waals surface area contributed by atoms with Gasteiger partial charge < -0.3 is 19.9 Å².